The number of aliphatic imine (C=N–C) groups is 1. The van der Waals surface area contributed by atoms with Crippen molar-refractivity contribution >= 4 is 5.96 Å². The molecule has 0 aromatic carbocycles. The third kappa shape index (κ3) is 7.50. The summed E-state index contributed by atoms with van der Waals surface area (Å²) >= 11 is 0. The van der Waals surface area contributed by atoms with Crippen LogP contribution in [0, 0.1) is 0 Å². The molecule has 0 spiro atoms. The molecule has 0 heterocycles. The Bertz CT molecular complexity index is 239. The summed E-state index contributed by atoms with van der Waals surface area (Å²) in [6, 6.07) is 0. The van der Waals surface area contributed by atoms with Crippen LogP contribution in [0.5, 0.6) is 0 Å². The van der Waals surface area contributed by atoms with Crippen molar-refractivity contribution in [2.45, 2.75) is 32.7 Å². The van der Waals surface area contributed by atoms with Crippen molar-refractivity contribution in [3.63, 3.8) is 0 Å². The Labute approximate surface area is 112 Å². The zero-order chi connectivity index (χ0) is 14.0. The van der Waals surface area contributed by atoms with Crippen LogP contribution >= 0.6 is 0 Å². The predicted molar refractivity (Wildman–Crippen MR) is 78.2 cm³/mol. The zero-order valence-electron chi connectivity index (χ0n) is 12.8. The minimum absolute atomic E-state index is 0.100. The van der Waals surface area contributed by atoms with Gasteiger partial charge < -0.3 is 20.3 Å². The third-order valence-electron chi connectivity index (χ3n) is 3.08. The van der Waals surface area contributed by atoms with Gasteiger partial charge in [0.15, 0.2) is 5.96 Å². The highest BCUT2D eigenvalue weighted by Gasteiger charge is 2.20. The molecule has 5 heteroatoms. The Balaban J connectivity index is 3.85. The van der Waals surface area contributed by atoms with Crippen molar-refractivity contribution in [2.24, 2.45) is 4.99 Å². The fourth-order valence-corrected chi connectivity index (χ4v) is 1.20. The van der Waals surface area contributed by atoms with Gasteiger partial charge in [-0.15, -0.1) is 0 Å². The van der Waals surface area contributed by atoms with Crippen LogP contribution in [0.25, 0.3) is 0 Å². The second-order valence-corrected chi connectivity index (χ2v) is 5.11. The van der Waals surface area contributed by atoms with Crippen molar-refractivity contribution < 1.29 is 4.74 Å². The van der Waals surface area contributed by atoms with Crippen LogP contribution in [0.15, 0.2) is 4.99 Å². The number of rotatable bonds is 8. The van der Waals surface area contributed by atoms with E-state index in [2.05, 4.69) is 48.5 Å². The lowest BCUT2D eigenvalue weighted by Crippen LogP contribution is -2.51. The number of hydrogen-bond donors (Lipinski definition) is 2. The van der Waals surface area contributed by atoms with E-state index in [0.717, 1.165) is 38.7 Å². The standard InChI is InChI=1S/C13H30N4O/c1-7-18-10-8-9-15-12(14-4)16-11-13(2,3)17(5)6/h7-11H2,1-6H3,(H2,14,15,16). The molecule has 5 nitrogen and oxygen atoms in total. The molecule has 0 atom stereocenters. The zero-order valence-corrected chi connectivity index (χ0v) is 12.8. The molecule has 0 amide bonds. The molecule has 0 saturated heterocycles. The molecule has 0 aliphatic carbocycles. The predicted octanol–water partition coefficient (Wildman–Crippen LogP) is 0.918. The summed E-state index contributed by atoms with van der Waals surface area (Å²) in [6.45, 7) is 9.71. The molecule has 0 unspecified atom stereocenters. The fraction of sp³-hybridized carbons (Fsp3) is 0.923. The topological polar surface area (TPSA) is 48.9 Å². The number of nitrogens with zero attached hydrogens (tertiary/aromatic N) is 2. The monoisotopic (exact) mass is 258 g/mol. The molecule has 0 radical (unpaired) electrons. The number of hydrogen-bond acceptors (Lipinski definition) is 3. The highest BCUT2D eigenvalue weighted by atomic mass is 16.5. The molecule has 18 heavy (non-hydrogen) atoms. The van der Waals surface area contributed by atoms with E-state index in [9.17, 15) is 0 Å². The lowest BCUT2D eigenvalue weighted by atomic mass is 10.0. The molecule has 0 saturated carbocycles. The Hall–Kier alpha value is -0.810. The number of ether oxygens (including phenoxy) is 1. The first kappa shape index (κ1) is 17.2. The summed E-state index contributed by atoms with van der Waals surface area (Å²) in [4.78, 5) is 6.40. The molecule has 0 aliphatic heterocycles. The van der Waals surface area contributed by atoms with Crippen LogP contribution in [0.2, 0.25) is 0 Å². The van der Waals surface area contributed by atoms with E-state index >= 15 is 0 Å². The van der Waals surface area contributed by atoms with Gasteiger partial charge in [-0.3, -0.25) is 4.99 Å². The first-order valence-electron chi connectivity index (χ1n) is 6.63. The molecule has 0 aliphatic rings. The molecule has 108 valence electrons. The Morgan fingerprint density at radius 2 is 1.94 bits per heavy atom. The van der Waals surface area contributed by atoms with Crippen LogP contribution in [0.1, 0.15) is 27.2 Å². The molecular formula is C13H30N4O. The third-order valence-corrected chi connectivity index (χ3v) is 3.08. The van der Waals surface area contributed by atoms with Gasteiger partial charge in [0.2, 0.25) is 0 Å². The van der Waals surface area contributed by atoms with Crippen molar-refractivity contribution in [3.8, 4) is 0 Å². The summed E-state index contributed by atoms with van der Waals surface area (Å²) in [7, 11) is 5.96. The second-order valence-electron chi connectivity index (χ2n) is 5.11. The van der Waals surface area contributed by atoms with Crippen LogP contribution in [-0.4, -0.2) is 63.8 Å². The fourth-order valence-electron chi connectivity index (χ4n) is 1.20. The molecule has 0 fully saturated rings. The summed E-state index contributed by atoms with van der Waals surface area (Å²) in [5.41, 5.74) is 0.100. The SMILES string of the molecule is CCOCCCNC(=NC)NCC(C)(C)N(C)C. The van der Waals surface area contributed by atoms with Crippen molar-refractivity contribution in [2.75, 3.05) is 47.4 Å². The van der Waals surface area contributed by atoms with Gasteiger partial charge in [0.05, 0.1) is 0 Å². The van der Waals surface area contributed by atoms with Crippen molar-refractivity contribution in [1.29, 1.82) is 0 Å². The smallest absolute Gasteiger partial charge is 0.191 e. The maximum Gasteiger partial charge on any atom is 0.191 e. The van der Waals surface area contributed by atoms with Crippen LogP contribution in [0.3, 0.4) is 0 Å². The van der Waals surface area contributed by atoms with Crippen molar-refractivity contribution in [1.82, 2.24) is 15.5 Å². The van der Waals surface area contributed by atoms with E-state index in [-0.39, 0.29) is 5.54 Å². The maximum absolute atomic E-state index is 5.29. The Morgan fingerprint density at radius 3 is 2.44 bits per heavy atom. The van der Waals surface area contributed by atoms with Gasteiger partial charge in [-0.2, -0.15) is 0 Å². The van der Waals surface area contributed by atoms with Gasteiger partial charge in [-0.1, -0.05) is 0 Å². The van der Waals surface area contributed by atoms with Gasteiger partial charge >= 0.3 is 0 Å². The van der Waals surface area contributed by atoms with E-state index < -0.39 is 0 Å². The first-order chi connectivity index (χ1) is 8.44. The molecule has 0 bridgehead atoms. The lowest BCUT2D eigenvalue weighted by molar-refractivity contribution is 0.145. The van der Waals surface area contributed by atoms with Gasteiger partial charge in [-0.05, 0) is 41.3 Å². The van der Waals surface area contributed by atoms with Crippen LogP contribution in [-0.2, 0) is 4.74 Å². The average molecular weight is 258 g/mol. The number of likely N-dealkylation sites (N-methyl/N-ethyl adjacent to an activating group) is 1. The molecule has 2 N–H and O–H groups in total. The van der Waals surface area contributed by atoms with Gasteiger partial charge in [-0.25, -0.2) is 0 Å². The van der Waals surface area contributed by atoms with Crippen LogP contribution in [0.4, 0.5) is 0 Å². The van der Waals surface area contributed by atoms with E-state index in [0.29, 0.717) is 0 Å². The quantitative estimate of drug-likeness (QED) is 0.386. The van der Waals surface area contributed by atoms with E-state index in [1.807, 2.05) is 6.92 Å². The minimum Gasteiger partial charge on any atom is -0.382 e. The summed E-state index contributed by atoms with van der Waals surface area (Å²) in [5, 5.41) is 6.62. The lowest BCUT2D eigenvalue weighted by Gasteiger charge is -2.33. The molecule has 0 rings (SSSR count). The molecular weight excluding hydrogens is 228 g/mol. The minimum atomic E-state index is 0.100. The highest BCUT2D eigenvalue weighted by Crippen LogP contribution is 2.07. The van der Waals surface area contributed by atoms with E-state index in [4.69, 9.17) is 4.74 Å². The Morgan fingerprint density at radius 1 is 1.28 bits per heavy atom. The summed E-state index contributed by atoms with van der Waals surface area (Å²) < 4.78 is 5.29. The van der Waals surface area contributed by atoms with E-state index in [1.165, 1.54) is 0 Å². The second kappa shape index (κ2) is 9.16. The van der Waals surface area contributed by atoms with Crippen LogP contribution < -0.4 is 10.6 Å². The van der Waals surface area contributed by atoms with Gasteiger partial charge in [0.25, 0.3) is 0 Å². The number of guanidine groups is 1. The van der Waals surface area contributed by atoms with Gasteiger partial charge in [0.1, 0.15) is 0 Å². The molecule has 0 aromatic rings. The first-order valence-corrected chi connectivity index (χ1v) is 6.63. The normalized spacial score (nSPS) is 12.9. The molecule has 0 aromatic heterocycles. The highest BCUT2D eigenvalue weighted by molar-refractivity contribution is 5.79. The Kier molecular flexibility index (Phi) is 8.75. The average Bonchev–Trinajstić information content (AvgIpc) is 2.32. The number of nitrogens with one attached hydrogen (secondary N) is 2. The van der Waals surface area contributed by atoms with Gasteiger partial charge in [0, 0.05) is 38.9 Å². The van der Waals surface area contributed by atoms with E-state index in [1.54, 1.807) is 7.05 Å². The van der Waals surface area contributed by atoms with Crippen molar-refractivity contribution in [3.05, 3.63) is 0 Å². The largest absolute Gasteiger partial charge is 0.382 e. The maximum atomic E-state index is 5.29. The summed E-state index contributed by atoms with van der Waals surface area (Å²) in [6.07, 6.45) is 0.992. The summed E-state index contributed by atoms with van der Waals surface area (Å²) in [5.74, 6) is 0.849.